The van der Waals surface area contributed by atoms with Gasteiger partial charge < -0.3 is 10.8 Å². The van der Waals surface area contributed by atoms with Gasteiger partial charge in [0.2, 0.25) is 0 Å². The largest absolute Gasteiger partial charge is 0.392 e. The summed E-state index contributed by atoms with van der Waals surface area (Å²) in [7, 11) is 0. The lowest BCUT2D eigenvalue weighted by Gasteiger charge is -2.31. The van der Waals surface area contributed by atoms with Crippen LogP contribution in [0, 0.1) is 5.92 Å². The Hall–Kier alpha value is -0.380. The van der Waals surface area contributed by atoms with E-state index >= 15 is 0 Å². The van der Waals surface area contributed by atoms with Gasteiger partial charge in [-0.15, -0.1) is 0 Å². The third kappa shape index (κ3) is 3.30. The molecule has 0 aromatic heterocycles. The summed E-state index contributed by atoms with van der Waals surface area (Å²) in [6.07, 6.45) is 4.47. The van der Waals surface area contributed by atoms with Gasteiger partial charge in [-0.25, -0.2) is 0 Å². The SMILES string of the molecule is NCC(c1ccc(Br)cc1)C(O)CC1CCC1. The van der Waals surface area contributed by atoms with E-state index in [1.807, 2.05) is 24.3 Å². The third-order valence-corrected chi connectivity index (χ3v) is 4.34. The first-order valence-electron chi connectivity index (χ1n) is 6.34. The normalized spacial score (nSPS) is 19.7. The van der Waals surface area contributed by atoms with Crippen LogP contribution in [-0.4, -0.2) is 17.8 Å². The maximum Gasteiger partial charge on any atom is 0.0623 e. The Morgan fingerprint density at radius 1 is 1.29 bits per heavy atom. The van der Waals surface area contributed by atoms with Gasteiger partial charge in [0.15, 0.2) is 0 Å². The Balaban J connectivity index is 2.00. The zero-order valence-electron chi connectivity index (χ0n) is 9.98. The molecule has 0 amide bonds. The van der Waals surface area contributed by atoms with Crippen LogP contribution in [0.3, 0.4) is 0 Å². The van der Waals surface area contributed by atoms with E-state index in [0.717, 1.165) is 22.4 Å². The summed E-state index contributed by atoms with van der Waals surface area (Å²) >= 11 is 3.42. The van der Waals surface area contributed by atoms with Crippen molar-refractivity contribution in [3.05, 3.63) is 34.3 Å². The lowest BCUT2D eigenvalue weighted by molar-refractivity contribution is 0.0951. The predicted octanol–water partition coefficient (Wildman–Crippen LogP) is 3.04. The van der Waals surface area contributed by atoms with Crippen molar-refractivity contribution in [3.8, 4) is 0 Å². The molecule has 2 unspecified atom stereocenters. The number of aliphatic hydroxyl groups excluding tert-OH is 1. The highest BCUT2D eigenvalue weighted by Crippen LogP contribution is 2.34. The Morgan fingerprint density at radius 2 is 1.94 bits per heavy atom. The number of rotatable bonds is 5. The standard InChI is InChI=1S/C14H20BrNO/c15-12-6-4-11(5-7-12)13(9-16)14(17)8-10-2-1-3-10/h4-7,10,13-14,17H,1-3,8-9,16H2. The highest BCUT2D eigenvalue weighted by atomic mass is 79.9. The summed E-state index contributed by atoms with van der Waals surface area (Å²) in [4.78, 5) is 0. The van der Waals surface area contributed by atoms with E-state index in [9.17, 15) is 5.11 Å². The van der Waals surface area contributed by atoms with Gasteiger partial charge in [0, 0.05) is 16.9 Å². The van der Waals surface area contributed by atoms with Gasteiger partial charge in [-0.2, -0.15) is 0 Å². The van der Waals surface area contributed by atoms with Crippen molar-refractivity contribution in [2.45, 2.75) is 37.7 Å². The van der Waals surface area contributed by atoms with Crippen molar-refractivity contribution >= 4 is 15.9 Å². The van der Waals surface area contributed by atoms with Crippen molar-refractivity contribution in [1.29, 1.82) is 0 Å². The molecule has 2 nitrogen and oxygen atoms in total. The van der Waals surface area contributed by atoms with Gasteiger partial charge >= 0.3 is 0 Å². The van der Waals surface area contributed by atoms with Crippen LogP contribution >= 0.6 is 15.9 Å². The number of aliphatic hydroxyl groups is 1. The maximum absolute atomic E-state index is 10.3. The van der Waals surface area contributed by atoms with Crippen molar-refractivity contribution in [2.75, 3.05) is 6.54 Å². The fourth-order valence-electron chi connectivity index (χ4n) is 2.46. The minimum absolute atomic E-state index is 0.0729. The summed E-state index contributed by atoms with van der Waals surface area (Å²) in [5.41, 5.74) is 6.95. The highest BCUT2D eigenvalue weighted by Gasteiger charge is 2.26. The third-order valence-electron chi connectivity index (χ3n) is 3.82. The Morgan fingerprint density at radius 3 is 2.41 bits per heavy atom. The van der Waals surface area contributed by atoms with Gasteiger partial charge in [-0.1, -0.05) is 47.3 Å². The summed E-state index contributed by atoms with van der Waals surface area (Å²) in [6, 6.07) is 8.11. The molecule has 0 aliphatic heterocycles. The fraction of sp³-hybridized carbons (Fsp3) is 0.571. The molecule has 0 radical (unpaired) electrons. The highest BCUT2D eigenvalue weighted by molar-refractivity contribution is 9.10. The molecule has 2 rings (SSSR count). The van der Waals surface area contributed by atoms with Crippen molar-refractivity contribution < 1.29 is 5.11 Å². The molecule has 0 heterocycles. The van der Waals surface area contributed by atoms with Gasteiger partial charge in [0.05, 0.1) is 6.10 Å². The Labute approximate surface area is 111 Å². The van der Waals surface area contributed by atoms with Gasteiger partial charge in [-0.3, -0.25) is 0 Å². The molecule has 1 aliphatic rings. The molecule has 94 valence electrons. The monoisotopic (exact) mass is 297 g/mol. The lowest BCUT2D eigenvalue weighted by Crippen LogP contribution is -2.29. The number of hydrogen-bond acceptors (Lipinski definition) is 2. The summed E-state index contributed by atoms with van der Waals surface area (Å²) in [5, 5.41) is 10.3. The van der Waals surface area contributed by atoms with Gasteiger partial charge in [0.1, 0.15) is 0 Å². The molecule has 3 N–H and O–H groups in total. The van der Waals surface area contributed by atoms with E-state index in [-0.39, 0.29) is 12.0 Å². The number of benzene rings is 1. The van der Waals surface area contributed by atoms with Crippen LogP contribution in [0.25, 0.3) is 0 Å². The number of hydrogen-bond donors (Lipinski definition) is 2. The average molecular weight is 298 g/mol. The van der Waals surface area contributed by atoms with E-state index in [1.165, 1.54) is 19.3 Å². The van der Waals surface area contributed by atoms with Gasteiger partial charge in [0.25, 0.3) is 0 Å². The molecule has 1 saturated carbocycles. The molecule has 0 saturated heterocycles. The minimum atomic E-state index is -0.300. The zero-order valence-corrected chi connectivity index (χ0v) is 11.6. The van der Waals surface area contributed by atoms with E-state index in [0.29, 0.717) is 6.54 Å². The molecule has 1 aromatic rings. The van der Waals surface area contributed by atoms with Crippen LogP contribution in [0.5, 0.6) is 0 Å². The molecular weight excluding hydrogens is 278 g/mol. The Kier molecular flexibility index (Phi) is 4.60. The Bertz CT molecular complexity index is 348. The smallest absolute Gasteiger partial charge is 0.0623 e. The van der Waals surface area contributed by atoms with E-state index in [4.69, 9.17) is 5.73 Å². The first kappa shape index (κ1) is 13.1. The average Bonchev–Trinajstić information content (AvgIpc) is 2.27. The molecule has 1 aliphatic carbocycles. The predicted molar refractivity (Wildman–Crippen MR) is 73.9 cm³/mol. The van der Waals surface area contributed by atoms with Crippen molar-refractivity contribution in [3.63, 3.8) is 0 Å². The van der Waals surface area contributed by atoms with E-state index < -0.39 is 0 Å². The fourth-order valence-corrected chi connectivity index (χ4v) is 2.72. The second-order valence-corrected chi connectivity index (χ2v) is 5.91. The van der Waals surface area contributed by atoms with E-state index in [2.05, 4.69) is 15.9 Å². The van der Waals surface area contributed by atoms with Crippen LogP contribution in [0.4, 0.5) is 0 Å². The van der Waals surface area contributed by atoms with Crippen LogP contribution in [0.1, 0.15) is 37.2 Å². The van der Waals surface area contributed by atoms with Crippen LogP contribution in [-0.2, 0) is 0 Å². The second kappa shape index (κ2) is 5.98. The zero-order chi connectivity index (χ0) is 12.3. The minimum Gasteiger partial charge on any atom is -0.392 e. The number of halogens is 1. The molecule has 1 aromatic carbocycles. The summed E-state index contributed by atoms with van der Waals surface area (Å²) in [5.74, 6) is 0.790. The quantitative estimate of drug-likeness (QED) is 0.877. The van der Waals surface area contributed by atoms with Crippen molar-refractivity contribution in [2.24, 2.45) is 11.7 Å². The molecule has 3 heteroatoms. The summed E-state index contributed by atoms with van der Waals surface area (Å²) in [6.45, 7) is 0.509. The van der Waals surface area contributed by atoms with Crippen molar-refractivity contribution in [1.82, 2.24) is 0 Å². The lowest BCUT2D eigenvalue weighted by atomic mass is 9.78. The summed E-state index contributed by atoms with van der Waals surface area (Å²) < 4.78 is 1.06. The van der Waals surface area contributed by atoms with Gasteiger partial charge in [-0.05, 0) is 30.0 Å². The molecule has 0 bridgehead atoms. The molecule has 2 atom stereocenters. The van der Waals surface area contributed by atoms with E-state index in [1.54, 1.807) is 0 Å². The molecule has 1 fully saturated rings. The van der Waals surface area contributed by atoms with Crippen LogP contribution in [0.2, 0.25) is 0 Å². The first-order valence-corrected chi connectivity index (χ1v) is 7.13. The first-order chi connectivity index (χ1) is 8.20. The second-order valence-electron chi connectivity index (χ2n) is 4.99. The maximum atomic E-state index is 10.3. The molecular formula is C14H20BrNO. The molecule has 17 heavy (non-hydrogen) atoms. The van der Waals surface area contributed by atoms with Crippen LogP contribution in [0.15, 0.2) is 28.7 Å². The molecule has 0 spiro atoms. The van der Waals surface area contributed by atoms with Crippen LogP contribution < -0.4 is 5.73 Å². The topological polar surface area (TPSA) is 46.2 Å². The number of nitrogens with two attached hydrogens (primary N) is 1.